The Labute approximate surface area is 150 Å². The van der Waals surface area contributed by atoms with Crippen LogP contribution in [0.25, 0.3) is 16.7 Å². The molecule has 0 spiro atoms. The lowest BCUT2D eigenvalue weighted by Crippen LogP contribution is -2.05. The van der Waals surface area contributed by atoms with Crippen LogP contribution in [-0.4, -0.2) is 43.0 Å². The summed E-state index contributed by atoms with van der Waals surface area (Å²) in [4.78, 5) is 9.31. The van der Waals surface area contributed by atoms with Gasteiger partial charge in [-0.25, -0.2) is 14.5 Å². The van der Waals surface area contributed by atoms with Crippen LogP contribution in [0.15, 0.2) is 30.6 Å². The molecule has 1 N–H and O–H groups in total. The maximum atomic E-state index is 9.34. The highest BCUT2D eigenvalue weighted by Crippen LogP contribution is 2.27. The van der Waals surface area contributed by atoms with Crippen molar-refractivity contribution in [3.05, 3.63) is 53.2 Å². The minimum absolute atomic E-state index is 0.0757. The predicted molar refractivity (Wildman–Crippen MR) is 98.6 cm³/mol. The molecule has 4 aromatic rings. The van der Waals surface area contributed by atoms with Crippen molar-refractivity contribution in [2.75, 3.05) is 13.7 Å². The molecule has 0 unspecified atom stereocenters. The normalized spacial score (nSPS) is 11.5. The van der Waals surface area contributed by atoms with Gasteiger partial charge < -0.3 is 14.4 Å². The molecule has 3 heterocycles. The molecule has 134 valence electrons. The van der Waals surface area contributed by atoms with E-state index in [9.17, 15) is 5.11 Å². The van der Waals surface area contributed by atoms with Crippen LogP contribution >= 0.6 is 0 Å². The van der Waals surface area contributed by atoms with Crippen molar-refractivity contribution < 1.29 is 9.84 Å². The second-order valence-electron chi connectivity index (χ2n) is 6.35. The summed E-state index contributed by atoms with van der Waals surface area (Å²) < 4.78 is 8.96. The zero-order valence-electron chi connectivity index (χ0n) is 15.1. The van der Waals surface area contributed by atoms with Crippen LogP contribution in [0.5, 0.6) is 5.75 Å². The zero-order valence-corrected chi connectivity index (χ0v) is 15.1. The second-order valence-corrected chi connectivity index (χ2v) is 6.35. The van der Waals surface area contributed by atoms with Crippen molar-refractivity contribution in [2.45, 2.75) is 26.8 Å². The van der Waals surface area contributed by atoms with E-state index in [0.29, 0.717) is 13.0 Å². The van der Waals surface area contributed by atoms with E-state index < -0.39 is 0 Å². The molecule has 0 aliphatic rings. The van der Waals surface area contributed by atoms with Gasteiger partial charge in [0.25, 0.3) is 0 Å². The molecule has 0 amide bonds. The maximum Gasteiger partial charge on any atom is 0.168 e. The molecule has 0 atom stereocenters. The fraction of sp³-hybridized carbons (Fsp3) is 0.316. The second kappa shape index (κ2) is 6.42. The van der Waals surface area contributed by atoms with Gasteiger partial charge >= 0.3 is 0 Å². The first-order valence-electron chi connectivity index (χ1n) is 8.55. The highest BCUT2D eigenvalue weighted by Gasteiger charge is 2.17. The molecule has 0 fully saturated rings. The minimum Gasteiger partial charge on any atom is -0.497 e. The molecule has 26 heavy (non-hydrogen) atoms. The largest absolute Gasteiger partial charge is 0.497 e. The highest BCUT2D eigenvalue weighted by atomic mass is 16.5. The van der Waals surface area contributed by atoms with Gasteiger partial charge in [-0.2, -0.15) is 0 Å². The fourth-order valence-corrected chi connectivity index (χ4v) is 3.35. The van der Waals surface area contributed by atoms with Crippen molar-refractivity contribution in [1.82, 2.24) is 24.1 Å². The lowest BCUT2D eigenvalue weighted by Gasteiger charge is -2.04. The number of rotatable bonds is 5. The van der Waals surface area contributed by atoms with Crippen molar-refractivity contribution in [3.63, 3.8) is 0 Å². The van der Waals surface area contributed by atoms with Crippen LogP contribution < -0.4 is 4.74 Å². The van der Waals surface area contributed by atoms with Crippen molar-refractivity contribution in [1.29, 1.82) is 0 Å². The number of methoxy groups -OCH3 is 1. The minimum atomic E-state index is 0.0757. The molecule has 7 heteroatoms. The Balaban J connectivity index is 1.79. The SMILES string of the molecule is COc1ccc(Cc2nc3c4c(C)c(C)n(CCO)c4ncn3n2)cc1. The monoisotopic (exact) mass is 351 g/mol. The van der Waals surface area contributed by atoms with E-state index in [2.05, 4.69) is 17.0 Å². The number of aryl methyl sites for hydroxylation is 1. The Morgan fingerprint density at radius 2 is 1.88 bits per heavy atom. The number of hydrogen-bond acceptors (Lipinski definition) is 5. The third-order valence-corrected chi connectivity index (χ3v) is 4.83. The molecule has 0 aliphatic carbocycles. The number of aliphatic hydroxyl groups excluding tert-OH is 1. The van der Waals surface area contributed by atoms with Crippen LogP contribution in [0.2, 0.25) is 0 Å². The standard InChI is InChI=1S/C19H21N5O2/c1-12-13(2)23(8-9-25)18-17(12)19-21-16(22-24(19)11-20-18)10-14-4-6-15(26-3)7-5-14/h4-7,11,25H,8-10H2,1-3H3. The Bertz CT molecular complexity index is 1080. The zero-order chi connectivity index (χ0) is 18.3. The molecular weight excluding hydrogens is 330 g/mol. The van der Waals surface area contributed by atoms with Crippen molar-refractivity contribution in [3.8, 4) is 5.75 Å². The number of aliphatic hydroxyl groups is 1. The average Bonchev–Trinajstić information content (AvgIpc) is 3.16. The third-order valence-electron chi connectivity index (χ3n) is 4.83. The lowest BCUT2D eigenvalue weighted by atomic mass is 10.1. The van der Waals surface area contributed by atoms with E-state index in [-0.39, 0.29) is 6.61 Å². The summed E-state index contributed by atoms with van der Waals surface area (Å²) in [5, 5.41) is 14.9. The molecular formula is C19H21N5O2. The summed E-state index contributed by atoms with van der Waals surface area (Å²) in [6, 6.07) is 7.91. The molecule has 0 radical (unpaired) electrons. The highest BCUT2D eigenvalue weighted by molar-refractivity contribution is 5.93. The lowest BCUT2D eigenvalue weighted by molar-refractivity contribution is 0.276. The van der Waals surface area contributed by atoms with Crippen LogP contribution in [0.3, 0.4) is 0 Å². The number of nitrogens with zero attached hydrogens (tertiary/aromatic N) is 5. The Morgan fingerprint density at radius 1 is 1.12 bits per heavy atom. The first-order valence-corrected chi connectivity index (χ1v) is 8.55. The van der Waals surface area contributed by atoms with Gasteiger partial charge in [0.05, 0.1) is 19.1 Å². The van der Waals surface area contributed by atoms with E-state index in [1.54, 1.807) is 18.0 Å². The van der Waals surface area contributed by atoms with Crippen molar-refractivity contribution >= 4 is 16.7 Å². The number of fused-ring (bicyclic) bond motifs is 3. The smallest absolute Gasteiger partial charge is 0.168 e. The summed E-state index contributed by atoms with van der Waals surface area (Å²) >= 11 is 0. The molecule has 1 aromatic carbocycles. The topological polar surface area (TPSA) is 77.5 Å². The van der Waals surface area contributed by atoms with Crippen molar-refractivity contribution in [2.24, 2.45) is 0 Å². The average molecular weight is 351 g/mol. The first-order chi connectivity index (χ1) is 12.6. The molecule has 0 aliphatic heterocycles. The molecule has 0 saturated carbocycles. The molecule has 7 nitrogen and oxygen atoms in total. The van der Waals surface area contributed by atoms with Gasteiger partial charge in [0.2, 0.25) is 0 Å². The Hall–Kier alpha value is -2.93. The maximum absolute atomic E-state index is 9.34. The fourth-order valence-electron chi connectivity index (χ4n) is 3.35. The molecule has 0 bridgehead atoms. The summed E-state index contributed by atoms with van der Waals surface area (Å²) in [6.45, 7) is 4.70. The van der Waals surface area contributed by atoms with Crippen LogP contribution in [-0.2, 0) is 13.0 Å². The van der Waals surface area contributed by atoms with Gasteiger partial charge in [-0.05, 0) is 37.1 Å². The van der Waals surface area contributed by atoms with Crippen LogP contribution in [0.1, 0.15) is 22.6 Å². The van der Waals surface area contributed by atoms with E-state index in [1.165, 1.54) is 0 Å². The summed E-state index contributed by atoms with van der Waals surface area (Å²) in [5.74, 6) is 1.58. The van der Waals surface area contributed by atoms with Crippen LogP contribution in [0.4, 0.5) is 0 Å². The molecule has 3 aromatic heterocycles. The third kappa shape index (κ3) is 2.61. The van der Waals surface area contributed by atoms with E-state index in [4.69, 9.17) is 9.72 Å². The Kier molecular flexibility index (Phi) is 4.08. The molecule has 4 rings (SSSR count). The summed E-state index contributed by atoms with van der Waals surface area (Å²) in [7, 11) is 1.66. The summed E-state index contributed by atoms with van der Waals surface area (Å²) in [6.07, 6.45) is 2.33. The van der Waals surface area contributed by atoms with Gasteiger partial charge in [0, 0.05) is 18.7 Å². The van der Waals surface area contributed by atoms with Gasteiger partial charge in [0.15, 0.2) is 11.5 Å². The Morgan fingerprint density at radius 3 is 2.58 bits per heavy atom. The quantitative estimate of drug-likeness (QED) is 0.597. The van der Waals surface area contributed by atoms with Gasteiger partial charge in [-0.15, -0.1) is 5.10 Å². The van der Waals surface area contributed by atoms with Gasteiger partial charge in [-0.1, -0.05) is 12.1 Å². The predicted octanol–water partition coefficient (Wildman–Crippen LogP) is 2.29. The van der Waals surface area contributed by atoms with E-state index in [1.807, 2.05) is 35.8 Å². The van der Waals surface area contributed by atoms with E-state index >= 15 is 0 Å². The summed E-state index contributed by atoms with van der Waals surface area (Å²) in [5.41, 5.74) is 4.97. The number of benzene rings is 1. The number of hydrogen-bond donors (Lipinski definition) is 1. The molecule has 0 saturated heterocycles. The number of ether oxygens (including phenoxy) is 1. The first kappa shape index (κ1) is 16.5. The van der Waals surface area contributed by atoms with E-state index in [0.717, 1.165) is 45.1 Å². The van der Waals surface area contributed by atoms with Gasteiger partial charge in [-0.3, -0.25) is 0 Å². The van der Waals surface area contributed by atoms with Crippen LogP contribution in [0, 0.1) is 13.8 Å². The van der Waals surface area contributed by atoms with Gasteiger partial charge in [0.1, 0.15) is 17.7 Å². The number of aromatic nitrogens is 5.